The summed E-state index contributed by atoms with van der Waals surface area (Å²) in [6, 6.07) is 1.44. The van der Waals surface area contributed by atoms with E-state index in [1.54, 1.807) is 0 Å². The van der Waals surface area contributed by atoms with Gasteiger partial charge in [0.25, 0.3) is 0 Å². The molecule has 7 heteroatoms. The maximum atomic E-state index is 13.4. The normalized spacial score (nSPS) is 22.1. The summed E-state index contributed by atoms with van der Waals surface area (Å²) in [5, 5.41) is 22.6. The van der Waals surface area contributed by atoms with Crippen LogP contribution >= 0.6 is 0 Å². The lowest BCUT2D eigenvalue weighted by molar-refractivity contribution is -0.387. The fourth-order valence-electron chi connectivity index (χ4n) is 2.13. The third-order valence-electron chi connectivity index (χ3n) is 3.27. The number of nitrogens with zero attached hydrogens (tertiary/aromatic N) is 1. The molecule has 0 spiro atoms. The number of hydrogen-bond acceptors (Lipinski definition) is 4. The van der Waals surface area contributed by atoms with Gasteiger partial charge in [-0.1, -0.05) is 0 Å². The van der Waals surface area contributed by atoms with Crippen LogP contribution in [0.4, 0.5) is 14.5 Å². The predicted octanol–water partition coefficient (Wildman–Crippen LogP) is 1.73. The lowest BCUT2D eigenvalue weighted by atomic mass is 9.82. The van der Waals surface area contributed by atoms with Crippen molar-refractivity contribution in [3.05, 3.63) is 39.4 Å². The van der Waals surface area contributed by atoms with Gasteiger partial charge in [0, 0.05) is 24.2 Å². The van der Waals surface area contributed by atoms with E-state index in [1.165, 1.54) is 0 Å². The molecule has 0 unspecified atom stereocenters. The van der Waals surface area contributed by atoms with Crippen molar-refractivity contribution in [3.8, 4) is 0 Å². The highest BCUT2D eigenvalue weighted by Gasteiger charge is 2.26. The van der Waals surface area contributed by atoms with E-state index >= 15 is 0 Å². The molecule has 2 N–H and O–H groups in total. The fourth-order valence-corrected chi connectivity index (χ4v) is 2.13. The number of benzene rings is 1. The van der Waals surface area contributed by atoms with Crippen molar-refractivity contribution in [2.75, 3.05) is 6.54 Å². The van der Waals surface area contributed by atoms with Crippen molar-refractivity contribution in [1.29, 1.82) is 0 Å². The molecule has 1 aliphatic rings. The van der Waals surface area contributed by atoms with Crippen LogP contribution in [0.2, 0.25) is 0 Å². The lowest BCUT2D eigenvalue weighted by Gasteiger charge is -2.31. The number of nitrogens with one attached hydrogen (secondary N) is 1. The van der Waals surface area contributed by atoms with Crippen LogP contribution in [0, 0.1) is 27.7 Å². The van der Waals surface area contributed by atoms with Crippen LogP contribution in [0.3, 0.4) is 0 Å². The summed E-state index contributed by atoms with van der Waals surface area (Å²) >= 11 is 0. The topological polar surface area (TPSA) is 75.4 Å². The highest BCUT2D eigenvalue weighted by Crippen LogP contribution is 2.26. The summed E-state index contributed by atoms with van der Waals surface area (Å²) in [4.78, 5) is 9.68. The van der Waals surface area contributed by atoms with E-state index in [0.717, 1.165) is 6.07 Å². The van der Waals surface area contributed by atoms with Crippen LogP contribution in [0.25, 0.3) is 0 Å². The first-order valence-electron chi connectivity index (χ1n) is 5.98. The Balaban J connectivity index is 1.95. The van der Waals surface area contributed by atoms with Gasteiger partial charge in [0.2, 0.25) is 5.82 Å². The standard InChI is InChI=1S/C12H14F2N2O3/c13-10-4-11(14)12(16(18)19)3-8(10)6-15-5-7-1-9(17)2-7/h3-4,7,9,15,17H,1-2,5-6H2. The molecule has 5 nitrogen and oxygen atoms in total. The van der Waals surface area contributed by atoms with Gasteiger partial charge in [0.1, 0.15) is 5.82 Å². The van der Waals surface area contributed by atoms with Gasteiger partial charge in [-0.25, -0.2) is 4.39 Å². The van der Waals surface area contributed by atoms with Gasteiger partial charge in [0.15, 0.2) is 0 Å². The smallest absolute Gasteiger partial charge is 0.305 e. The zero-order valence-corrected chi connectivity index (χ0v) is 10.1. The first kappa shape index (κ1) is 13.8. The second kappa shape index (κ2) is 5.58. The van der Waals surface area contributed by atoms with Gasteiger partial charge in [-0.05, 0) is 25.3 Å². The minimum absolute atomic E-state index is 0.0629. The molecule has 104 valence electrons. The van der Waals surface area contributed by atoms with E-state index in [2.05, 4.69) is 5.32 Å². The molecular formula is C12H14F2N2O3. The number of aliphatic hydroxyl groups is 1. The number of nitro groups is 1. The van der Waals surface area contributed by atoms with Gasteiger partial charge in [-0.3, -0.25) is 10.1 Å². The zero-order valence-electron chi connectivity index (χ0n) is 10.1. The summed E-state index contributed by atoms with van der Waals surface area (Å²) in [5.74, 6) is -1.63. The predicted molar refractivity (Wildman–Crippen MR) is 63.4 cm³/mol. The van der Waals surface area contributed by atoms with Crippen LogP contribution in [-0.2, 0) is 6.54 Å². The average Bonchev–Trinajstić information content (AvgIpc) is 2.28. The number of aliphatic hydroxyl groups excluding tert-OH is 1. The Morgan fingerprint density at radius 2 is 2.05 bits per heavy atom. The molecule has 0 amide bonds. The fraction of sp³-hybridized carbons (Fsp3) is 0.500. The van der Waals surface area contributed by atoms with E-state index in [1.807, 2.05) is 0 Å². The lowest BCUT2D eigenvalue weighted by Crippen LogP contribution is -2.36. The van der Waals surface area contributed by atoms with Crippen LogP contribution in [0.5, 0.6) is 0 Å². The Kier molecular flexibility index (Phi) is 4.06. The van der Waals surface area contributed by atoms with Crippen LogP contribution in [-0.4, -0.2) is 22.7 Å². The Morgan fingerprint density at radius 3 is 2.63 bits per heavy atom. The van der Waals surface area contributed by atoms with Crippen molar-refractivity contribution in [2.24, 2.45) is 5.92 Å². The van der Waals surface area contributed by atoms with Gasteiger partial charge < -0.3 is 10.4 Å². The van der Waals surface area contributed by atoms with Gasteiger partial charge in [-0.15, -0.1) is 0 Å². The van der Waals surface area contributed by atoms with Crippen LogP contribution in [0.1, 0.15) is 18.4 Å². The SMILES string of the molecule is O=[N+]([O-])c1cc(CNCC2CC(O)C2)c(F)cc1F. The van der Waals surface area contributed by atoms with E-state index in [-0.39, 0.29) is 18.2 Å². The number of nitro benzene ring substituents is 1. The summed E-state index contributed by atoms with van der Waals surface area (Å²) in [5.41, 5.74) is -0.662. The van der Waals surface area contributed by atoms with Crippen LogP contribution < -0.4 is 5.32 Å². The second-order valence-electron chi connectivity index (χ2n) is 4.77. The minimum Gasteiger partial charge on any atom is -0.393 e. The maximum absolute atomic E-state index is 13.4. The molecule has 1 aromatic carbocycles. The molecule has 0 radical (unpaired) electrons. The Morgan fingerprint density at radius 1 is 1.37 bits per heavy atom. The molecule has 0 aromatic heterocycles. The van der Waals surface area contributed by atoms with E-state index in [0.29, 0.717) is 31.4 Å². The zero-order chi connectivity index (χ0) is 14.0. The van der Waals surface area contributed by atoms with Crippen molar-refractivity contribution in [2.45, 2.75) is 25.5 Å². The largest absolute Gasteiger partial charge is 0.393 e. The number of halogens is 2. The molecule has 0 heterocycles. The molecule has 19 heavy (non-hydrogen) atoms. The summed E-state index contributed by atoms with van der Waals surface area (Å²) in [6.07, 6.45) is 1.16. The molecule has 0 bridgehead atoms. The van der Waals surface area contributed by atoms with Gasteiger partial charge in [0.05, 0.1) is 11.0 Å². The van der Waals surface area contributed by atoms with Crippen molar-refractivity contribution >= 4 is 5.69 Å². The third-order valence-corrected chi connectivity index (χ3v) is 3.27. The first-order valence-corrected chi connectivity index (χ1v) is 5.98. The molecule has 1 saturated carbocycles. The highest BCUT2D eigenvalue weighted by atomic mass is 19.1. The van der Waals surface area contributed by atoms with Crippen molar-refractivity contribution < 1.29 is 18.8 Å². The Labute approximate surface area is 108 Å². The average molecular weight is 272 g/mol. The molecule has 0 aliphatic heterocycles. The number of hydrogen-bond donors (Lipinski definition) is 2. The van der Waals surface area contributed by atoms with E-state index < -0.39 is 22.2 Å². The first-order chi connectivity index (χ1) is 8.97. The monoisotopic (exact) mass is 272 g/mol. The molecule has 1 fully saturated rings. The highest BCUT2D eigenvalue weighted by molar-refractivity contribution is 5.37. The summed E-state index contributed by atoms with van der Waals surface area (Å²) in [6.45, 7) is 0.696. The molecule has 0 saturated heterocycles. The van der Waals surface area contributed by atoms with Gasteiger partial charge in [-0.2, -0.15) is 4.39 Å². The third kappa shape index (κ3) is 3.24. The molecule has 2 rings (SSSR count). The quantitative estimate of drug-likeness (QED) is 0.632. The maximum Gasteiger partial charge on any atom is 0.305 e. The van der Waals surface area contributed by atoms with Crippen molar-refractivity contribution in [3.63, 3.8) is 0 Å². The second-order valence-corrected chi connectivity index (χ2v) is 4.77. The Hall–Kier alpha value is -1.60. The Bertz CT molecular complexity index is 490. The number of rotatable bonds is 5. The summed E-state index contributed by atoms with van der Waals surface area (Å²) < 4.78 is 26.5. The molecule has 1 aromatic rings. The summed E-state index contributed by atoms with van der Waals surface area (Å²) in [7, 11) is 0. The molecule has 1 aliphatic carbocycles. The van der Waals surface area contributed by atoms with Crippen molar-refractivity contribution in [1.82, 2.24) is 5.32 Å². The minimum atomic E-state index is -1.17. The van der Waals surface area contributed by atoms with E-state index in [4.69, 9.17) is 5.11 Å². The van der Waals surface area contributed by atoms with E-state index in [9.17, 15) is 18.9 Å². The van der Waals surface area contributed by atoms with Crippen LogP contribution in [0.15, 0.2) is 12.1 Å². The van der Waals surface area contributed by atoms with Gasteiger partial charge >= 0.3 is 5.69 Å². The molecule has 0 atom stereocenters. The molecular weight excluding hydrogens is 258 g/mol.